The van der Waals surface area contributed by atoms with Gasteiger partial charge in [0.05, 0.1) is 16.3 Å². The SMILES string of the molecule is Nc1cc(NC(=O)c2cc(Br)ccc2O)ccc1Cl. The number of nitrogen functional groups attached to an aromatic ring is 1. The van der Waals surface area contributed by atoms with Gasteiger partial charge in [-0.3, -0.25) is 4.79 Å². The van der Waals surface area contributed by atoms with Gasteiger partial charge in [0.1, 0.15) is 5.75 Å². The third kappa shape index (κ3) is 3.19. The molecule has 2 rings (SSSR count). The highest BCUT2D eigenvalue weighted by Gasteiger charge is 2.12. The zero-order valence-electron chi connectivity index (χ0n) is 9.65. The van der Waals surface area contributed by atoms with E-state index in [0.29, 0.717) is 20.9 Å². The van der Waals surface area contributed by atoms with E-state index in [4.69, 9.17) is 17.3 Å². The van der Waals surface area contributed by atoms with Crippen molar-refractivity contribution in [2.24, 2.45) is 0 Å². The van der Waals surface area contributed by atoms with E-state index in [0.717, 1.165) is 0 Å². The predicted molar refractivity (Wildman–Crippen MR) is 79.6 cm³/mol. The molecule has 0 bridgehead atoms. The Morgan fingerprint density at radius 3 is 2.68 bits per heavy atom. The Bertz CT molecular complexity index is 647. The minimum Gasteiger partial charge on any atom is -0.507 e. The lowest BCUT2D eigenvalue weighted by atomic mass is 10.2. The molecule has 0 atom stereocenters. The second kappa shape index (κ2) is 5.50. The number of rotatable bonds is 2. The summed E-state index contributed by atoms with van der Waals surface area (Å²) in [7, 11) is 0. The summed E-state index contributed by atoms with van der Waals surface area (Å²) in [6.45, 7) is 0. The van der Waals surface area contributed by atoms with Crippen LogP contribution in [-0.4, -0.2) is 11.0 Å². The molecule has 4 nitrogen and oxygen atoms in total. The highest BCUT2D eigenvalue weighted by molar-refractivity contribution is 9.10. The molecule has 0 unspecified atom stereocenters. The van der Waals surface area contributed by atoms with Gasteiger partial charge in [0.2, 0.25) is 0 Å². The third-order valence-electron chi connectivity index (χ3n) is 2.46. The first-order valence-corrected chi connectivity index (χ1v) is 6.49. The largest absolute Gasteiger partial charge is 0.507 e. The lowest BCUT2D eigenvalue weighted by Crippen LogP contribution is -2.12. The van der Waals surface area contributed by atoms with Crippen LogP contribution in [0.25, 0.3) is 0 Å². The molecular weight excluding hydrogens is 332 g/mol. The molecule has 0 aliphatic rings. The second-order valence-corrected chi connectivity index (χ2v) is 5.17. The Kier molecular flexibility index (Phi) is 3.97. The van der Waals surface area contributed by atoms with Crippen LogP contribution in [0.4, 0.5) is 11.4 Å². The number of phenols is 1. The van der Waals surface area contributed by atoms with Crippen LogP contribution < -0.4 is 11.1 Å². The van der Waals surface area contributed by atoms with E-state index in [1.54, 1.807) is 24.3 Å². The molecule has 1 amide bonds. The number of nitrogens with one attached hydrogen (secondary N) is 1. The Hall–Kier alpha value is -1.72. The van der Waals surface area contributed by atoms with Crippen LogP contribution in [0.2, 0.25) is 5.02 Å². The summed E-state index contributed by atoms with van der Waals surface area (Å²) in [4.78, 5) is 12.0. The molecule has 0 saturated heterocycles. The maximum atomic E-state index is 12.0. The number of carbonyl (C=O) groups is 1. The Labute approximate surface area is 123 Å². The number of amides is 1. The molecule has 0 spiro atoms. The van der Waals surface area contributed by atoms with Crippen molar-refractivity contribution >= 4 is 44.8 Å². The van der Waals surface area contributed by atoms with Gasteiger partial charge in [-0.05, 0) is 36.4 Å². The lowest BCUT2D eigenvalue weighted by molar-refractivity contribution is 0.102. The number of benzene rings is 2. The number of carbonyl (C=O) groups excluding carboxylic acids is 1. The summed E-state index contributed by atoms with van der Waals surface area (Å²) in [5.74, 6) is -0.525. The summed E-state index contributed by atoms with van der Waals surface area (Å²) in [5, 5.41) is 12.7. The molecule has 4 N–H and O–H groups in total. The normalized spacial score (nSPS) is 10.2. The van der Waals surface area contributed by atoms with Gasteiger partial charge < -0.3 is 16.2 Å². The zero-order valence-corrected chi connectivity index (χ0v) is 12.0. The van der Waals surface area contributed by atoms with Crippen molar-refractivity contribution < 1.29 is 9.90 Å². The summed E-state index contributed by atoms with van der Waals surface area (Å²) in [5.41, 5.74) is 6.70. The van der Waals surface area contributed by atoms with Crippen LogP contribution in [0, 0.1) is 0 Å². The molecule has 98 valence electrons. The maximum absolute atomic E-state index is 12.0. The fourth-order valence-corrected chi connectivity index (χ4v) is 1.99. The van der Waals surface area contributed by atoms with Gasteiger partial charge in [-0.15, -0.1) is 0 Å². The first kappa shape index (κ1) is 13.7. The number of hydrogen-bond donors (Lipinski definition) is 3. The van der Waals surface area contributed by atoms with E-state index in [1.165, 1.54) is 12.1 Å². The van der Waals surface area contributed by atoms with Gasteiger partial charge in [-0.25, -0.2) is 0 Å². The number of hydrogen-bond acceptors (Lipinski definition) is 3. The van der Waals surface area contributed by atoms with Crippen LogP contribution in [0.5, 0.6) is 5.75 Å². The first-order valence-electron chi connectivity index (χ1n) is 5.32. The smallest absolute Gasteiger partial charge is 0.259 e. The molecule has 0 saturated carbocycles. The molecule has 2 aromatic carbocycles. The molecule has 0 aliphatic carbocycles. The van der Waals surface area contributed by atoms with Gasteiger partial charge in [0.15, 0.2) is 0 Å². The van der Waals surface area contributed by atoms with Gasteiger partial charge in [0.25, 0.3) is 5.91 Å². The van der Waals surface area contributed by atoms with Crippen LogP contribution in [0.3, 0.4) is 0 Å². The second-order valence-electron chi connectivity index (χ2n) is 3.85. The fourth-order valence-electron chi connectivity index (χ4n) is 1.51. The number of aromatic hydroxyl groups is 1. The number of phenolic OH excluding ortho intramolecular Hbond substituents is 1. The van der Waals surface area contributed by atoms with Crippen molar-refractivity contribution in [1.82, 2.24) is 0 Å². The predicted octanol–water partition coefficient (Wildman–Crippen LogP) is 3.64. The Morgan fingerprint density at radius 1 is 1.26 bits per heavy atom. The van der Waals surface area contributed by atoms with Crippen molar-refractivity contribution in [3.63, 3.8) is 0 Å². The highest BCUT2D eigenvalue weighted by atomic mass is 79.9. The number of nitrogens with two attached hydrogens (primary N) is 1. The average Bonchev–Trinajstić information content (AvgIpc) is 2.36. The van der Waals surface area contributed by atoms with E-state index in [2.05, 4.69) is 21.2 Å². The van der Waals surface area contributed by atoms with Crippen LogP contribution in [-0.2, 0) is 0 Å². The molecule has 0 radical (unpaired) electrons. The van der Waals surface area contributed by atoms with Gasteiger partial charge in [0, 0.05) is 10.2 Å². The quantitative estimate of drug-likeness (QED) is 0.730. The van der Waals surface area contributed by atoms with Crippen LogP contribution in [0.15, 0.2) is 40.9 Å². The Morgan fingerprint density at radius 2 is 2.00 bits per heavy atom. The monoisotopic (exact) mass is 340 g/mol. The standard InChI is InChI=1S/C13H10BrClN2O2/c14-7-1-4-12(18)9(5-7)13(19)17-8-2-3-10(15)11(16)6-8/h1-6,18H,16H2,(H,17,19). The fraction of sp³-hybridized carbons (Fsp3) is 0. The lowest BCUT2D eigenvalue weighted by Gasteiger charge is -2.08. The van der Waals surface area contributed by atoms with Crippen molar-refractivity contribution in [2.45, 2.75) is 0 Å². The van der Waals surface area contributed by atoms with Gasteiger partial charge >= 0.3 is 0 Å². The molecule has 0 aliphatic heterocycles. The van der Waals surface area contributed by atoms with Crippen LogP contribution in [0.1, 0.15) is 10.4 Å². The van der Waals surface area contributed by atoms with E-state index in [-0.39, 0.29) is 11.3 Å². The first-order chi connectivity index (χ1) is 8.97. The van der Waals surface area contributed by atoms with Crippen molar-refractivity contribution in [1.29, 1.82) is 0 Å². The minimum absolute atomic E-state index is 0.0948. The number of anilines is 2. The van der Waals surface area contributed by atoms with Crippen molar-refractivity contribution in [3.8, 4) is 5.75 Å². The van der Waals surface area contributed by atoms with E-state index >= 15 is 0 Å². The van der Waals surface area contributed by atoms with E-state index < -0.39 is 5.91 Å². The van der Waals surface area contributed by atoms with Crippen molar-refractivity contribution in [3.05, 3.63) is 51.5 Å². The molecule has 19 heavy (non-hydrogen) atoms. The third-order valence-corrected chi connectivity index (χ3v) is 3.29. The maximum Gasteiger partial charge on any atom is 0.259 e. The molecule has 6 heteroatoms. The molecule has 0 heterocycles. The zero-order chi connectivity index (χ0) is 14.0. The minimum atomic E-state index is -0.430. The molecule has 2 aromatic rings. The molecule has 0 aromatic heterocycles. The molecular formula is C13H10BrClN2O2. The Balaban J connectivity index is 2.25. The summed E-state index contributed by atoms with van der Waals surface area (Å²) >= 11 is 9.04. The summed E-state index contributed by atoms with van der Waals surface area (Å²) in [6, 6.07) is 9.39. The highest BCUT2D eigenvalue weighted by Crippen LogP contribution is 2.25. The average molecular weight is 342 g/mol. The van der Waals surface area contributed by atoms with Gasteiger partial charge in [-0.1, -0.05) is 27.5 Å². The number of halogens is 2. The van der Waals surface area contributed by atoms with E-state index in [1.807, 2.05) is 0 Å². The molecule has 0 fully saturated rings. The van der Waals surface area contributed by atoms with Crippen LogP contribution >= 0.6 is 27.5 Å². The topological polar surface area (TPSA) is 75.3 Å². The summed E-state index contributed by atoms with van der Waals surface area (Å²) < 4.78 is 0.700. The van der Waals surface area contributed by atoms with E-state index in [9.17, 15) is 9.90 Å². The van der Waals surface area contributed by atoms with Crippen molar-refractivity contribution in [2.75, 3.05) is 11.1 Å². The summed E-state index contributed by atoms with van der Waals surface area (Å²) in [6.07, 6.45) is 0. The van der Waals surface area contributed by atoms with Gasteiger partial charge in [-0.2, -0.15) is 0 Å².